The van der Waals surface area contributed by atoms with Crippen LogP contribution in [0.5, 0.6) is 0 Å². The van der Waals surface area contributed by atoms with Crippen LogP contribution in [0.4, 0.5) is 8.78 Å². The monoisotopic (exact) mass is 319 g/mol. The summed E-state index contributed by atoms with van der Waals surface area (Å²) in [7, 11) is 1.46. The van der Waals surface area contributed by atoms with Gasteiger partial charge < -0.3 is 5.32 Å². The quantitative estimate of drug-likeness (QED) is 0.921. The molecule has 1 aromatic carbocycles. The highest BCUT2D eigenvalue weighted by atomic mass is 19.1. The molecule has 0 unspecified atom stereocenters. The number of benzene rings is 1. The van der Waals surface area contributed by atoms with Crippen molar-refractivity contribution in [3.63, 3.8) is 0 Å². The minimum atomic E-state index is -0.660. The van der Waals surface area contributed by atoms with Gasteiger partial charge in [0.15, 0.2) is 0 Å². The number of nitrogens with one attached hydrogen (secondary N) is 1. The maximum atomic E-state index is 14.3. The SMILES string of the molecule is CCc1ccc(F)cc1Cc1nn(C)c(F)c1C(=O)NC1CC1. The Morgan fingerprint density at radius 2 is 2.09 bits per heavy atom. The van der Waals surface area contributed by atoms with E-state index < -0.39 is 11.9 Å². The van der Waals surface area contributed by atoms with Gasteiger partial charge >= 0.3 is 0 Å². The number of aromatic nitrogens is 2. The number of amides is 1. The third-order valence-corrected chi connectivity index (χ3v) is 4.10. The first-order chi connectivity index (χ1) is 11.0. The first-order valence-electron chi connectivity index (χ1n) is 7.79. The summed E-state index contributed by atoms with van der Waals surface area (Å²) in [5.41, 5.74) is 1.99. The Labute approximate surface area is 133 Å². The van der Waals surface area contributed by atoms with Crippen LogP contribution in [0, 0.1) is 11.8 Å². The minimum Gasteiger partial charge on any atom is -0.349 e. The fraction of sp³-hybridized carbons (Fsp3) is 0.412. The first kappa shape index (κ1) is 15.6. The normalized spacial score (nSPS) is 14.1. The fourth-order valence-electron chi connectivity index (χ4n) is 2.67. The van der Waals surface area contributed by atoms with E-state index in [1.54, 1.807) is 6.07 Å². The third-order valence-electron chi connectivity index (χ3n) is 4.10. The molecule has 1 heterocycles. The standard InChI is InChI=1S/C17H19F2N3O/c1-3-10-4-5-12(18)8-11(10)9-14-15(16(19)22(2)21-14)17(23)20-13-6-7-13/h4-5,8,13H,3,6-7,9H2,1-2H3,(H,20,23). The lowest BCUT2D eigenvalue weighted by Crippen LogP contribution is -2.27. The molecule has 0 spiro atoms. The number of hydrogen-bond donors (Lipinski definition) is 1. The van der Waals surface area contributed by atoms with Crippen LogP contribution in [-0.4, -0.2) is 21.7 Å². The average molecular weight is 319 g/mol. The highest BCUT2D eigenvalue weighted by molar-refractivity contribution is 5.95. The van der Waals surface area contributed by atoms with Gasteiger partial charge in [-0.3, -0.25) is 4.79 Å². The van der Waals surface area contributed by atoms with Crippen LogP contribution in [0.25, 0.3) is 0 Å². The van der Waals surface area contributed by atoms with Gasteiger partial charge in [0.2, 0.25) is 5.95 Å². The molecule has 3 rings (SSSR count). The van der Waals surface area contributed by atoms with E-state index >= 15 is 0 Å². The topological polar surface area (TPSA) is 46.9 Å². The van der Waals surface area contributed by atoms with E-state index in [0.717, 1.165) is 35.1 Å². The Bertz CT molecular complexity index is 751. The second kappa shape index (κ2) is 6.10. The van der Waals surface area contributed by atoms with Crippen LogP contribution in [-0.2, 0) is 19.9 Å². The Kier molecular flexibility index (Phi) is 4.15. The molecule has 1 aliphatic carbocycles. The van der Waals surface area contributed by atoms with Crippen LogP contribution < -0.4 is 5.32 Å². The van der Waals surface area contributed by atoms with Gasteiger partial charge in [0.25, 0.3) is 5.91 Å². The van der Waals surface area contributed by atoms with Crippen molar-refractivity contribution in [3.8, 4) is 0 Å². The number of halogens is 2. The van der Waals surface area contributed by atoms with E-state index in [1.165, 1.54) is 19.2 Å². The molecule has 6 heteroatoms. The molecular weight excluding hydrogens is 300 g/mol. The van der Waals surface area contributed by atoms with Gasteiger partial charge in [-0.15, -0.1) is 0 Å². The summed E-state index contributed by atoms with van der Waals surface area (Å²) in [6, 6.07) is 4.68. The summed E-state index contributed by atoms with van der Waals surface area (Å²) >= 11 is 0. The number of nitrogens with zero attached hydrogens (tertiary/aromatic N) is 2. The first-order valence-corrected chi connectivity index (χ1v) is 7.79. The van der Waals surface area contributed by atoms with Gasteiger partial charge in [-0.1, -0.05) is 13.0 Å². The molecule has 122 valence electrons. The maximum absolute atomic E-state index is 14.3. The van der Waals surface area contributed by atoms with Gasteiger partial charge in [-0.05, 0) is 42.5 Å². The lowest BCUT2D eigenvalue weighted by Gasteiger charge is -2.08. The van der Waals surface area contributed by atoms with Crippen molar-refractivity contribution in [1.82, 2.24) is 15.1 Å². The lowest BCUT2D eigenvalue weighted by atomic mass is 9.99. The number of carbonyl (C=O) groups is 1. The predicted molar refractivity (Wildman–Crippen MR) is 82.2 cm³/mol. The lowest BCUT2D eigenvalue weighted by molar-refractivity contribution is 0.0945. The van der Waals surface area contributed by atoms with Crippen LogP contribution in [0.3, 0.4) is 0 Å². The maximum Gasteiger partial charge on any atom is 0.258 e. The van der Waals surface area contributed by atoms with Crippen molar-refractivity contribution in [2.75, 3.05) is 0 Å². The summed E-state index contributed by atoms with van der Waals surface area (Å²) < 4.78 is 28.9. The number of hydrogen-bond acceptors (Lipinski definition) is 2. The van der Waals surface area contributed by atoms with Crippen LogP contribution >= 0.6 is 0 Å². The second-order valence-electron chi connectivity index (χ2n) is 5.93. The molecule has 1 fully saturated rings. The Hall–Kier alpha value is -2.24. The number of carbonyl (C=O) groups excluding carboxylic acids is 1. The highest BCUT2D eigenvalue weighted by Crippen LogP contribution is 2.23. The van der Waals surface area contributed by atoms with Crippen LogP contribution in [0.15, 0.2) is 18.2 Å². The average Bonchev–Trinajstić information content (AvgIpc) is 3.26. The molecule has 1 aromatic heterocycles. The number of aryl methyl sites for hydroxylation is 2. The van der Waals surface area contributed by atoms with Crippen molar-refractivity contribution >= 4 is 5.91 Å². The molecule has 0 bridgehead atoms. The molecule has 1 saturated carbocycles. The molecule has 0 saturated heterocycles. The van der Waals surface area contributed by atoms with E-state index in [9.17, 15) is 13.6 Å². The Morgan fingerprint density at radius 3 is 2.74 bits per heavy atom. The van der Waals surface area contributed by atoms with Crippen molar-refractivity contribution in [2.45, 2.75) is 38.6 Å². The van der Waals surface area contributed by atoms with E-state index in [0.29, 0.717) is 5.69 Å². The largest absolute Gasteiger partial charge is 0.349 e. The fourth-order valence-corrected chi connectivity index (χ4v) is 2.67. The molecule has 2 aromatic rings. The van der Waals surface area contributed by atoms with Crippen molar-refractivity contribution in [3.05, 3.63) is 52.3 Å². The smallest absolute Gasteiger partial charge is 0.258 e. The van der Waals surface area contributed by atoms with Gasteiger partial charge in [0.05, 0.1) is 5.69 Å². The molecular formula is C17H19F2N3O. The molecule has 0 atom stereocenters. The van der Waals surface area contributed by atoms with Crippen LogP contribution in [0.1, 0.15) is 46.9 Å². The van der Waals surface area contributed by atoms with Gasteiger partial charge in [0.1, 0.15) is 11.4 Å². The van der Waals surface area contributed by atoms with E-state index in [-0.39, 0.29) is 23.8 Å². The number of rotatable bonds is 5. The minimum absolute atomic E-state index is 0.0364. The summed E-state index contributed by atoms with van der Waals surface area (Å²) in [6.45, 7) is 1.97. The third kappa shape index (κ3) is 3.25. The van der Waals surface area contributed by atoms with Gasteiger partial charge in [0, 0.05) is 19.5 Å². The Morgan fingerprint density at radius 1 is 1.35 bits per heavy atom. The zero-order valence-electron chi connectivity index (χ0n) is 13.2. The van der Waals surface area contributed by atoms with E-state index in [4.69, 9.17) is 0 Å². The molecule has 1 N–H and O–H groups in total. The Balaban J connectivity index is 1.95. The van der Waals surface area contributed by atoms with E-state index in [1.807, 2.05) is 6.92 Å². The summed E-state index contributed by atoms with van der Waals surface area (Å²) in [5, 5.41) is 6.90. The van der Waals surface area contributed by atoms with Crippen molar-refractivity contribution in [2.24, 2.45) is 7.05 Å². The van der Waals surface area contributed by atoms with Gasteiger partial charge in [-0.25, -0.2) is 9.07 Å². The zero-order chi connectivity index (χ0) is 16.6. The summed E-state index contributed by atoms with van der Waals surface area (Å²) in [4.78, 5) is 12.3. The molecule has 4 nitrogen and oxygen atoms in total. The molecule has 1 amide bonds. The van der Waals surface area contributed by atoms with Crippen LogP contribution in [0.2, 0.25) is 0 Å². The predicted octanol–water partition coefficient (Wildman–Crippen LogP) is 2.74. The van der Waals surface area contributed by atoms with E-state index in [2.05, 4.69) is 10.4 Å². The molecule has 0 radical (unpaired) electrons. The second-order valence-corrected chi connectivity index (χ2v) is 5.93. The van der Waals surface area contributed by atoms with Gasteiger partial charge in [-0.2, -0.15) is 9.49 Å². The molecule has 0 aliphatic heterocycles. The molecule has 23 heavy (non-hydrogen) atoms. The van der Waals surface area contributed by atoms with Crippen molar-refractivity contribution < 1.29 is 13.6 Å². The summed E-state index contributed by atoms with van der Waals surface area (Å²) in [5.74, 6) is -1.45. The molecule has 1 aliphatic rings. The summed E-state index contributed by atoms with van der Waals surface area (Å²) in [6.07, 6.45) is 2.81. The zero-order valence-corrected chi connectivity index (χ0v) is 13.2. The van der Waals surface area contributed by atoms with Crippen molar-refractivity contribution in [1.29, 1.82) is 0 Å². The highest BCUT2D eigenvalue weighted by Gasteiger charge is 2.29.